The lowest BCUT2D eigenvalue weighted by Gasteiger charge is -2.28. The predicted molar refractivity (Wildman–Crippen MR) is 181 cm³/mol. The number of hydrogen-bond donors (Lipinski definition) is 0. The Kier molecular flexibility index (Phi) is 5.67. The number of fused-ring (bicyclic) bond motifs is 8. The maximum absolute atomic E-state index is 6.45. The molecule has 1 unspecified atom stereocenters. The van der Waals surface area contributed by atoms with Gasteiger partial charge in [-0.1, -0.05) is 97.1 Å². The maximum Gasteiger partial charge on any atom is 0.143 e. The molecule has 5 aromatic carbocycles. The van der Waals surface area contributed by atoms with Crippen LogP contribution >= 0.6 is 0 Å². The fourth-order valence-electron chi connectivity index (χ4n) is 7.00. The van der Waals surface area contributed by atoms with Gasteiger partial charge in [-0.3, -0.25) is 0 Å². The van der Waals surface area contributed by atoms with Crippen LogP contribution in [0.15, 0.2) is 131 Å². The number of rotatable bonds is 4. The van der Waals surface area contributed by atoms with E-state index in [9.17, 15) is 0 Å². The first kappa shape index (κ1) is 24.7. The van der Waals surface area contributed by atoms with Gasteiger partial charge < -0.3 is 9.32 Å². The molecule has 2 nitrogen and oxygen atoms in total. The molecule has 1 aliphatic heterocycles. The van der Waals surface area contributed by atoms with Gasteiger partial charge in [-0.15, -0.1) is 0 Å². The Morgan fingerprint density at radius 1 is 0.698 bits per heavy atom. The summed E-state index contributed by atoms with van der Waals surface area (Å²) in [5.41, 5.74) is 9.54. The smallest absolute Gasteiger partial charge is 0.143 e. The second-order valence-electron chi connectivity index (χ2n) is 11.7. The highest BCUT2D eigenvalue weighted by Gasteiger charge is 2.26. The van der Waals surface area contributed by atoms with E-state index in [0.717, 1.165) is 30.4 Å². The zero-order valence-corrected chi connectivity index (χ0v) is 24.8. The number of para-hydroxylation sites is 1. The molecule has 6 aromatic rings. The van der Waals surface area contributed by atoms with Crippen molar-refractivity contribution < 1.29 is 4.42 Å². The minimum Gasteiger partial charge on any atom is -0.455 e. The van der Waals surface area contributed by atoms with Crippen LogP contribution in [0, 0.1) is 0 Å². The third-order valence-electron chi connectivity index (χ3n) is 9.13. The van der Waals surface area contributed by atoms with Crippen LogP contribution in [-0.2, 0) is 0 Å². The van der Waals surface area contributed by atoms with E-state index in [4.69, 9.17) is 4.42 Å². The first-order chi connectivity index (χ1) is 21.3. The van der Waals surface area contributed by atoms with Gasteiger partial charge in [0.05, 0.1) is 0 Å². The highest BCUT2D eigenvalue weighted by molar-refractivity contribution is 6.74. The molecule has 0 spiro atoms. The van der Waals surface area contributed by atoms with Gasteiger partial charge in [0.25, 0.3) is 0 Å². The second-order valence-corrected chi connectivity index (χ2v) is 13.0. The molecule has 9 rings (SSSR count). The number of benzene rings is 5. The van der Waals surface area contributed by atoms with Crippen LogP contribution in [0.1, 0.15) is 30.7 Å². The normalized spacial score (nSPS) is 16.7. The molecule has 0 saturated carbocycles. The Morgan fingerprint density at radius 2 is 1.53 bits per heavy atom. The Hall–Kier alpha value is -4.86. The fourth-order valence-corrected chi connectivity index (χ4v) is 8.39. The van der Waals surface area contributed by atoms with E-state index in [1.807, 2.05) is 6.07 Å². The summed E-state index contributed by atoms with van der Waals surface area (Å²) in [5.74, 6) is 0.404. The lowest BCUT2D eigenvalue weighted by atomic mass is 9.90. The van der Waals surface area contributed by atoms with Crippen molar-refractivity contribution in [2.45, 2.75) is 25.2 Å². The van der Waals surface area contributed by atoms with Gasteiger partial charge >= 0.3 is 0 Å². The van der Waals surface area contributed by atoms with Crippen molar-refractivity contribution in [3.05, 3.63) is 143 Å². The van der Waals surface area contributed by atoms with Crippen LogP contribution < -0.4 is 25.7 Å². The molecule has 3 heteroatoms. The summed E-state index contributed by atoms with van der Waals surface area (Å²) in [7, 11) is 0.611. The van der Waals surface area contributed by atoms with Crippen molar-refractivity contribution in [1.29, 1.82) is 0 Å². The molecule has 1 aromatic heterocycles. The van der Waals surface area contributed by atoms with E-state index >= 15 is 0 Å². The molecule has 0 bridgehead atoms. The fraction of sp³-hybridized carbons (Fsp3) is 0.100. The van der Waals surface area contributed by atoms with Crippen molar-refractivity contribution >= 4 is 65.4 Å². The van der Waals surface area contributed by atoms with Crippen molar-refractivity contribution in [1.82, 2.24) is 0 Å². The molecule has 204 valence electrons. The van der Waals surface area contributed by atoms with Crippen LogP contribution in [0.4, 0.5) is 11.4 Å². The number of allylic oxidation sites excluding steroid dienone is 3. The van der Waals surface area contributed by atoms with E-state index in [-0.39, 0.29) is 0 Å². The van der Waals surface area contributed by atoms with E-state index < -0.39 is 0 Å². The Balaban J connectivity index is 1.11. The SMILES string of the molecule is C1=CC(N(c2ccc(C3C=c4ccccc4=CC3)cc2)c2ccc3c(c2)[Si]c2ccc4c(oc5ccccc54)c2-3)=CCC1. The average Bonchev–Trinajstić information content (AvgIpc) is 3.63. The van der Waals surface area contributed by atoms with E-state index in [1.54, 1.807) is 0 Å². The molecule has 3 aliphatic rings. The van der Waals surface area contributed by atoms with E-state index in [2.05, 4.69) is 132 Å². The monoisotopic (exact) mass is 567 g/mol. The van der Waals surface area contributed by atoms with Crippen molar-refractivity contribution in [2.24, 2.45) is 0 Å². The lowest BCUT2D eigenvalue weighted by Crippen LogP contribution is -2.27. The Labute approximate surface area is 253 Å². The summed E-state index contributed by atoms with van der Waals surface area (Å²) in [6, 6.07) is 37.9. The summed E-state index contributed by atoms with van der Waals surface area (Å²) < 4.78 is 6.45. The van der Waals surface area contributed by atoms with E-state index in [0.29, 0.717) is 15.4 Å². The highest BCUT2D eigenvalue weighted by Crippen LogP contribution is 2.38. The summed E-state index contributed by atoms with van der Waals surface area (Å²) in [6.07, 6.45) is 14.9. The first-order valence-corrected chi connectivity index (χ1v) is 16.2. The van der Waals surface area contributed by atoms with Gasteiger partial charge in [0, 0.05) is 39.3 Å². The van der Waals surface area contributed by atoms with Crippen molar-refractivity contribution in [2.75, 3.05) is 4.90 Å². The van der Waals surface area contributed by atoms with Crippen LogP contribution in [0.25, 0.3) is 45.2 Å². The Morgan fingerprint density at radius 3 is 2.42 bits per heavy atom. The zero-order valence-electron chi connectivity index (χ0n) is 23.8. The molecule has 0 saturated heterocycles. The minimum absolute atomic E-state index is 0.404. The molecule has 2 radical (unpaired) electrons. The third-order valence-corrected chi connectivity index (χ3v) is 10.5. The zero-order chi connectivity index (χ0) is 28.3. The number of nitrogens with zero attached hydrogens (tertiary/aromatic N) is 1. The second kappa shape index (κ2) is 9.86. The predicted octanol–water partition coefficient (Wildman–Crippen LogP) is 7.34. The molecule has 43 heavy (non-hydrogen) atoms. The molecule has 2 heterocycles. The van der Waals surface area contributed by atoms with Gasteiger partial charge in [0.2, 0.25) is 0 Å². The van der Waals surface area contributed by atoms with Gasteiger partial charge in [0.1, 0.15) is 20.7 Å². The molecule has 1 atom stereocenters. The van der Waals surface area contributed by atoms with Crippen LogP contribution in [0.2, 0.25) is 0 Å². The van der Waals surface area contributed by atoms with Crippen LogP contribution in [0.3, 0.4) is 0 Å². The van der Waals surface area contributed by atoms with Crippen molar-refractivity contribution in [3.63, 3.8) is 0 Å². The number of hydrogen-bond acceptors (Lipinski definition) is 2. The molecular weight excluding hydrogens is 539 g/mol. The third kappa shape index (κ3) is 4.07. The molecule has 0 fully saturated rings. The lowest BCUT2D eigenvalue weighted by molar-refractivity contribution is 0.670. The van der Waals surface area contributed by atoms with Gasteiger partial charge in [-0.05, 0) is 87.6 Å². The van der Waals surface area contributed by atoms with Gasteiger partial charge in [-0.25, -0.2) is 0 Å². The minimum atomic E-state index is 0.404. The van der Waals surface area contributed by atoms with Gasteiger partial charge in [-0.2, -0.15) is 0 Å². The van der Waals surface area contributed by atoms with Crippen molar-refractivity contribution in [3.8, 4) is 11.1 Å². The quantitative estimate of drug-likeness (QED) is 0.207. The highest BCUT2D eigenvalue weighted by atomic mass is 28.2. The number of anilines is 2. The topological polar surface area (TPSA) is 16.4 Å². The summed E-state index contributed by atoms with van der Waals surface area (Å²) in [5, 5.41) is 7.82. The van der Waals surface area contributed by atoms with Crippen LogP contribution in [0.5, 0.6) is 0 Å². The summed E-state index contributed by atoms with van der Waals surface area (Å²) >= 11 is 0. The molecule has 0 amide bonds. The van der Waals surface area contributed by atoms with E-state index in [1.165, 1.54) is 65.3 Å². The summed E-state index contributed by atoms with van der Waals surface area (Å²) in [4.78, 5) is 2.43. The molecular formula is C40H29NOSi. The largest absolute Gasteiger partial charge is 0.455 e. The average molecular weight is 568 g/mol. The summed E-state index contributed by atoms with van der Waals surface area (Å²) in [6.45, 7) is 0. The van der Waals surface area contributed by atoms with Crippen LogP contribution in [-0.4, -0.2) is 9.52 Å². The standard InChI is InChI=1S/C40H29NOSi/c1-2-10-30(11-3-1)41(31-18-16-27(17-19-31)29-15-14-26-8-4-5-9-28(26)24-29)32-20-21-35-38(25-32)43-37-23-22-34-33-12-6-7-13-36(33)42-40(34)39(35)37/h2,4-14,16-25,29H,1,3,15H2. The Bertz CT molecular complexity index is 2250. The number of furan rings is 1. The molecule has 2 aliphatic carbocycles. The molecule has 0 N–H and O–H groups in total. The maximum atomic E-state index is 6.45. The first-order valence-electron chi connectivity index (χ1n) is 15.2. The van der Waals surface area contributed by atoms with Gasteiger partial charge in [0.15, 0.2) is 0 Å².